The molecule has 2 aromatic rings. The fourth-order valence-electron chi connectivity index (χ4n) is 3.38. The zero-order valence-electron chi connectivity index (χ0n) is 14.9. The molecule has 1 fully saturated rings. The molecule has 0 radical (unpaired) electrons. The normalized spacial score (nSPS) is 14.8. The van der Waals surface area contributed by atoms with Crippen LogP contribution in [0.4, 0.5) is 11.4 Å². The van der Waals surface area contributed by atoms with Crippen molar-refractivity contribution in [3.05, 3.63) is 68.7 Å². The molecule has 0 aliphatic carbocycles. The second kappa shape index (κ2) is 8.99. The van der Waals surface area contributed by atoms with E-state index in [2.05, 4.69) is 21.2 Å². The lowest BCUT2D eigenvalue weighted by Crippen LogP contribution is -2.44. The Balaban J connectivity index is 1.50. The molecule has 7 heteroatoms. The van der Waals surface area contributed by atoms with E-state index in [1.807, 2.05) is 41.3 Å². The molecule has 6 nitrogen and oxygen atoms in total. The summed E-state index contributed by atoms with van der Waals surface area (Å²) in [6.07, 6.45) is 2.77. The van der Waals surface area contributed by atoms with Crippen molar-refractivity contribution in [2.24, 2.45) is 0 Å². The lowest BCUT2D eigenvalue weighted by molar-refractivity contribution is -0.384. The number of nitro groups is 1. The first-order valence-corrected chi connectivity index (χ1v) is 9.84. The van der Waals surface area contributed by atoms with Crippen LogP contribution >= 0.6 is 15.9 Å². The number of nitrogens with one attached hydrogen (secondary N) is 1. The van der Waals surface area contributed by atoms with Gasteiger partial charge in [0, 0.05) is 36.1 Å². The molecule has 1 aliphatic heterocycles. The second-order valence-corrected chi connectivity index (χ2v) is 7.62. The summed E-state index contributed by atoms with van der Waals surface area (Å²) in [5, 5.41) is 14.4. The van der Waals surface area contributed by atoms with Crippen LogP contribution in [-0.2, 0) is 11.2 Å². The highest BCUT2D eigenvalue weighted by Gasteiger charge is 2.25. The van der Waals surface area contributed by atoms with Crippen molar-refractivity contribution >= 4 is 33.2 Å². The maximum absolute atomic E-state index is 12.2. The zero-order valence-corrected chi connectivity index (χ0v) is 16.5. The Bertz CT molecular complexity index is 805. The smallest absolute Gasteiger partial charge is 0.293 e. The molecule has 3 rings (SSSR count). The topological polar surface area (TPSA) is 75.5 Å². The van der Waals surface area contributed by atoms with Crippen LogP contribution in [0, 0.1) is 10.1 Å². The van der Waals surface area contributed by atoms with E-state index in [-0.39, 0.29) is 22.6 Å². The number of nitro benzene ring substituents is 1. The number of nitrogens with zero attached hydrogens (tertiary/aromatic N) is 2. The summed E-state index contributed by atoms with van der Waals surface area (Å²) in [5.41, 5.74) is 1.90. The fraction of sp³-hybridized carbons (Fsp3) is 0.350. The van der Waals surface area contributed by atoms with Crippen LogP contribution in [0.1, 0.15) is 24.8 Å². The van der Waals surface area contributed by atoms with Crippen LogP contribution < -0.4 is 10.2 Å². The van der Waals surface area contributed by atoms with Gasteiger partial charge in [0.2, 0.25) is 5.91 Å². The summed E-state index contributed by atoms with van der Waals surface area (Å²) in [6.45, 7) is 1.37. The first kappa shape index (κ1) is 19.4. The predicted octanol–water partition coefficient (Wildman–Crippen LogP) is 4.08. The van der Waals surface area contributed by atoms with Crippen molar-refractivity contribution in [1.82, 2.24) is 5.32 Å². The average molecular weight is 432 g/mol. The van der Waals surface area contributed by atoms with Crippen molar-refractivity contribution in [3.63, 3.8) is 0 Å². The van der Waals surface area contributed by atoms with Crippen LogP contribution in [0.25, 0.3) is 0 Å². The number of piperidine rings is 1. The number of aryl methyl sites for hydroxylation is 1. The van der Waals surface area contributed by atoms with Crippen LogP contribution in [0.3, 0.4) is 0 Å². The van der Waals surface area contributed by atoms with Crippen LogP contribution in [-0.4, -0.2) is 30.0 Å². The molecule has 1 saturated heterocycles. The minimum absolute atomic E-state index is 0.0620. The van der Waals surface area contributed by atoms with Crippen molar-refractivity contribution < 1.29 is 9.72 Å². The van der Waals surface area contributed by atoms with E-state index >= 15 is 0 Å². The van der Waals surface area contributed by atoms with E-state index in [4.69, 9.17) is 0 Å². The van der Waals surface area contributed by atoms with Crippen LogP contribution in [0.2, 0.25) is 0 Å². The number of halogens is 1. The van der Waals surface area contributed by atoms with Crippen molar-refractivity contribution in [3.8, 4) is 0 Å². The van der Waals surface area contributed by atoms with Gasteiger partial charge in [0.25, 0.3) is 5.69 Å². The maximum Gasteiger partial charge on any atom is 0.293 e. The predicted molar refractivity (Wildman–Crippen MR) is 109 cm³/mol. The highest BCUT2D eigenvalue weighted by Crippen LogP contribution is 2.32. The SMILES string of the molecule is O=C(CCc1ccccc1)NC1CCN(c2ccc(Br)cc2[N+](=O)[O-])CC1. The molecule has 0 bridgehead atoms. The van der Waals surface area contributed by atoms with E-state index in [1.54, 1.807) is 6.07 Å². The minimum Gasteiger partial charge on any atom is -0.366 e. The quantitative estimate of drug-likeness (QED) is 0.552. The molecule has 1 N–H and O–H groups in total. The molecular formula is C20H22BrN3O3. The third-order valence-corrected chi connectivity index (χ3v) is 5.31. The average Bonchev–Trinajstić information content (AvgIpc) is 2.68. The van der Waals surface area contributed by atoms with Gasteiger partial charge >= 0.3 is 0 Å². The number of benzene rings is 2. The second-order valence-electron chi connectivity index (χ2n) is 6.70. The van der Waals surface area contributed by atoms with E-state index in [0.717, 1.165) is 24.8 Å². The van der Waals surface area contributed by atoms with Gasteiger partial charge in [-0.15, -0.1) is 0 Å². The van der Waals surface area contributed by atoms with E-state index < -0.39 is 0 Å². The molecule has 0 aromatic heterocycles. The standard InChI is InChI=1S/C20H22BrN3O3/c21-16-7-8-18(19(14-16)24(26)27)23-12-10-17(11-13-23)22-20(25)9-6-15-4-2-1-3-5-15/h1-5,7-8,14,17H,6,9-13H2,(H,22,25). The molecule has 0 spiro atoms. The van der Waals surface area contributed by atoms with Gasteiger partial charge in [-0.1, -0.05) is 46.3 Å². The van der Waals surface area contributed by atoms with Gasteiger partial charge in [0.1, 0.15) is 5.69 Å². The van der Waals surface area contributed by atoms with Gasteiger partial charge in [-0.05, 0) is 37.0 Å². The number of amides is 1. The summed E-state index contributed by atoms with van der Waals surface area (Å²) >= 11 is 3.29. The Morgan fingerprint density at radius 2 is 1.89 bits per heavy atom. The highest BCUT2D eigenvalue weighted by atomic mass is 79.9. The molecule has 27 heavy (non-hydrogen) atoms. The fourth-order valence-corrected chi connectivity index (χ4v) is 3.73. The summed E-state index contributed by atoms with van der Waals surface area (Å²) in [4.78, 5) is 25.2. The number of rotatable bonds is 6. The zero-order chi connectivity index (χ0) is 19.2. The Morgan fingerprint density at radius 3 is 2.56 bits per heavy atom. The molecule has 1 heterocycles. The molecule has 2 aromatic carbocycles. The van der Waals surface area contributed by atoms with E-state index in [1.165, 1.54) is 6.07 Å². The largest absolute Gasteiger partial charge is 0.366 e. The minimum atomic E-state index is -0.350. The summed E-state index contributed by atoms with van der Waals surface area (Å²) in [6, 6.07) is 15.2. The van der Waals surface area contributed by atoms with Crippen molar-refractivity contribution in [2.75, 3.05) is 18.0 Å². The molecule has 142 valence electrons. The number of carbonyl (C=O) groups is 1. The number of hydrogen-bond donors (Lipinski definition) is 1. The first-order chi connectivity index (χ1) is 13.0. The summed E-state index contributed by atoms with van der Waals surface area (Å²) in [7, 11) is 0. The lowest BCUT2D eigenvalue weighted by Gasteiger charge is -2.33. The number of anilines is 1. The van der Waals surface area contributed by atoms with Gasteiger partial charge in [0.05, 0.1) is 4.92 Å². The Morgan fingerprint density at radius 1 is 1.19 bits per heavy atom. The Hall–Kier alpha value is -2.41. The van der Waals surface area contributed by atoms with Crippen LogP contribution in [0.5, 0.6) is 0 Å². The first-order valence-electron chi connectivity index (χ1n) is 9.05. The van der Waals surface area contributed by atoms with Crippen LogP contribution in [0.15, 0.2) is 53.0 Å². The molecular weight excluding hydrogens is 410 g/mol. The van der Waals surface area contributed by atoms with Gasteiger partial charge in [0.15, 0.2) is 0 Å². The molecule has 1 amide bonds. The lowest BCUT2D eigenvalue weighted by atomic mass is 10.0. The number of carbonyl (C=O) groups excluding carboxylic acids is 1. The van der Waals surface area contributed by atoms with Gasteiger partial charge < -0.3 is 10.2 Å². The summed E-state index contributed by atoms with van der Waals surface area (Å²) < 4.78 is 0.693. The molecule has 0 unspecified atom stereocenters. The van der Waals surface area contributed by atoms with Crippen molar-refractivity contribution in [2.45, 2.75) is 31.7 Å². The number of hydrogen-bond acceptors (Lipinski definition) is 4. The Labute approximate surface area is 166 Å². The van der Waals surface area contributed by atoms with E-state index in [0.29, 0.717) is 29.7 Å². The molecule has 0 atom stereocenters. The van der Waals surface area contributed by atoms with Gasteiger partial charge in [-0.2, -0.15) is 0 Å². The monoisotopic (exact) mass is 431 g/mol. The third-order valence-electron chi connectivity index (χ3n) is 4.82. The molecule has 1 aliphatic rings. The van der Waals surface area contributed by atoms with Crippen molar-refractivity contribution in [1.29, 1.82) is 0 Å². The maximum atomic E-state index is 12.2. The Kier molecular flexibility index (Phi) is 6.45. The van der Waals surface area contributed by atoms with Gasteiger partial charge in [-0.25, -0.2) is 0 Å². The highest BCUT2D eigenvalue weighted by molar-refractivity contribution is 9.10. The third kappa shape index (κ3) is 5.29. The molecule has 0 saturated carbocycles. The van der Waals surface area contributed by atoms with Gasteiger partial charge in [-0.3, -0.25) is 14.9 Å². The van der Waals surface area contributed by atoms with E-state index in [9.17, 15) is 14.9 Å². The summed E-state index contributed by atoms with van der Waals surface area (Å²) in [5.74, 6) is 0.0620.